The standard InChI is InChI=1S/C17H25NO2S.ClH/c1-11(2)9-13-5-7-14(8-6-13)12(3)16-18-15(10-21-16)17(19)20-4;/h5-8,11-12,15-16,18H,9-10H2,1-4H3;1H/t12?,15-,16?;/m0./s1. The molecule has 3 nitrogen and oxygen atoms in total. The van der Waals surface area contributed by atoms with Gasteiger partial charge >= 0.3 is 5.97 Å². The van der Waals surface area contributed by atoms with E-state index in [-0.39, 0.29) is 29.8 Å². The zero-order valence-corrected chi connectivity index (χ0v) is 15.3. The third-order valence-electron chi connectivity index (χ3n) is 3.90. The van der Waals surface area contributed by atoms with E-state index in [2.05, 4.69) is 50.4 Å². The largest absolute Gasteiger partial charge is 0.468 e. The second kappa shape index (κ2) is 8.80. The van der Waals surface area contributed by atoms with E-state index in [0.29, 0.717) is 11.8 Å². The Bertz CT molecular complexity index is 478. The van der Waals surface area contributed by atoms with Crippen molar-refractivity contribution in [3.05, 3.63) is 35.4 Å². The molecule has 0 bridgehead atoms. The summed E-state index contributed by atoms with van der Waals surface area (Å²) in [5.41, 5.74) is 2.71. The molecule has 1 aromatic carbocycles. The quantitative estimate of drug-likeness (QED) is 0.829. The molecule has 3 atom stereocenters. The molecule has 0 saturated carbocycles. The fourth-order valence-electron chi connectivity index (χ4n) is 2.66. The van der Waals surface area contributed by atoms with Gasteiger partial charge in [0, 0.05) is 11.7 Å². The predicted molar refractivity (Wildman–Crippen MR) is 95.8 cm³/mol. The first-order valence-corrected chi connectivity index (χ1v) is 8.60. The lowest BCUT2D eigenvalue weighted by molar-refractivity contribution is -0.142. The fraction of sp³-hybridized carbons (Fsp3) is 0.588. The van der Waals surface area contributed by atoms with Crippen molar-refractivity contribution in [2.24, 2.45) is 5.92 Å². The number of thioether (sulfide) groups is 1. The monoisotopic (exact) mass is 343 g/mol. The summed E-state index contributed by atoms with van der Waals surface area (Å²) in [6.07, 6.45) is 1.12. The molecule has 0 aromatic heterocycles. The maximum absolute atomic E-state index is 11.6. The van der Waals surface area contributed by atoms with Crippen molar-refractivity contribution in [3.8, 4) is 0 Å². The second-order valence-electron chi connectivity index (χ2n) is 6.12. The van der Waals surface area contributed by atoms with Gasteiger partial charge in [0.25, 0.3) is 0 Å². The number of benzene rings is 1. The number of methoxy groups -OCH3 is 1. The van der Waals surface area contributed by atoms with Gasteiger partial charge in [-0.2, -0.15) is 0 Å². The Hall–Kier alpha value is -0.710. The van der Waals surface area contributed by atoms with E-state index in [1.165, 1.54) is 18.2 Å². The van der Waals surface area contributed by atoms with Crippen molar-refractivity contribution in [2.45, 2.75) is 44.5 Å². The van der Waals surface area contributed by atoms with Crippen LogP contribution in [0.2, 0.25) is 0 Å². The summed E-state index contributed by atoms with van der Waals surface area (Å²) >= 11 is 1.80. The Kier molecular flexibility index (Phi) is 7.74. The van der Waals surface area contributed by atoms with Crippen LogP contribution in [0, 0.1) is 5.92 Å². The molecule has 124 valence electrons. The van der Waals surface area contributed by atoms with Crippen LogP contribution >= 0.6 is 24.2 Å². The smallest absolute Gasteiger partial charge is 0.323 e. The number of carbonyl (C=O) groups excluding carboxylic acids is 1. The highest BCUT2D eigenvalue weighted by Gasteiger charge is 2.33. The molecule has 0 aliphatic carbocycles. The van der Waals surface area contributed by atoms with Crippen molar-refractivity contribution in [2.75, 3.05) is 12.9 Å². The molecule has 1 aliphatic heterocycles. The van der Waals surface area contributed by atoms with E-state index in [1.807, 2.05) is 0 Å². The van der Waals surface area contributed by atoms with E-state index < -0.39 is 0 Å². The Labute approximate surface area is 144 Å². The van der Waals surface area contributed by atoms with Gasteiger partial charge in [-0.05, 0) is 23.5 Å². The zero-order valence-electron chi connectivity index (χ0n) is 13.7. The summed E-state index contributed by atoms with van der Waals surface area (Å²) in [6.45, 7) is 6.69. The van der Waals surface area contributed by atoms with Crippen LogP contribution < -0.4 is 5.32 Å². The van der Waals surface area contributed by atoms with Crippen LogP contribution in [0.3, 0.4) is 0 Å². The maximum atomic E-state index is 11.6. The second-order valence-corrected chi connectivity index (χ2v) is 7.30. The summed E-state index contributed by atoms with van der Waals surface area (Å²) in [5.74, 6) is 1.68. The maximum Gasteiger partial charge on any atom is 0.323 e. The highest BCUT2D eigenvalue weighted by molar-refractivity contribution is 8.00. The molecule has 1 heterocycles. The van der Waals surface area contributed by atoms with Gasteiger partial charge in [0.15, 0.2) is 0 Å². The molecular weight excluding hydrogens is 318 g/mol. The minimum atomic E-state index is -0.173. The van der Waals surface area contributed by atoms with Crippen molar-refractivity contribution in [1.82, 2.24) is 5.32 Å². The summed E-state index contributed by atoms with van der Waals surface area (Å²) in [7, 11) is 1.44. The Morgan fingerprint density at radius 3 is 2.50 bits per heavy atom. The summed E-state index contributed by atoms with van der Waals surface area (Å²) in [5, 5.41) is 3.64. The van der Waals surface area contributed by atoms with Gasteiger partial charge in [0.2, 0.25) is 0 Å². The molecule has 2 rings (SSSR count). The van der Waals surface area contributed by atoms with E-state index in [1.54, 1.807) is 11.8 Å². The molecule has 2 unspecified atom stereocenters. The van der Waals surface area contributed by atoms with E-state index >= 15 is 0 Å². The third-order valence-corrected chi connectivity index (χ3v) is 5.33. The number of rotatable bonds is 5. The number of esters is 1. The lowest BCUT2D eigenvalue weighted by Gasteiger charge is -2.20. The average Bonchev–Trinajstić information content (AvgIpc) is 2.95. The van der Waals surface area contributed by atoms with Gasteiger partial charge in [-0.25, -0.2) is 0 Å². The topological polar surface area (TPSA) is 38.3 Å². The van der Waals surface area contributed by atoms with Gasteiger partial charge < -0.3 is 4.74 Å². The molecule has 22 heavy (non-hydrogen) atoms. The lowest BCUT2D eigenvalue weighted by Crippen LogP contribution is -2.39. The van der Waals surface area contributed by atoms with Crippen molar-refractivity contribution < 1.29 is 9.53 Å². The van der Waals surface area contributed by atoms with E-state index in [9.17, 15) is 4.79 Å². The molecule has 1 fully saturated rings. The predicted octanol–water partition coefficient (Wildman–Crippen LogP) is 3.61. The van der Waals surface area contributed by atoms with Crippen LogP contribution in [-0.2, 0) is 16.0 Å². The summed E-state index contributed by atoms with van der Waals surface area (Å²) in [6, 6.07) is 8.71. The molecule has 0 spiro atoms. The summed E-state index contributed by atoms with van der Waals surface area (Å²) < 4.78 is 4.81. The minimum Gasteiger partial charge on any atom is -0.468 e. The number of nitrogens with one attached hydrogen (secondary N) is 1. The molecule has 1 saturated heterocycles. The molecule has 1 aromatic rings. The first-order valence-electron chi connectivity index (χ1n) is 7.55. The van der Waals surface area contributed by atoms with Crippen LogP contribution in [-0.4, -0.2) is 30.2 Å². The molecule has 1 N–H and O–H groups in total. The first kappa shape index (κ1) is 19.3. The fourth-order valence-corrected chi connectivity index (χ4v) is 4.00. The third kappa shape index (κ3) is 4.90. The highest BCUT2D eigenvalue weighted by atomic mass is 35.5. The number of hydrogen-bond acceptors (Lipinski definition) is 4. The number of hydrogen-bond donors (Lipinski definition) is 1. The molecule has 5 heteroatoms. The van der Waals surface area contributed by atoms with Crippen LogP contribution in [0.15, 0.2) is 24.3 Å². The van der Waals surface area contributed by atoms with Crippen molar-refractivity contribution in [3.63, 3.8) is 0 Å². The molecule has 1 aliphatic rings. The highest BCUT2D eigenvalue weighted by Crippen LogP contribution is 2.32. The average molecular weight is 344 g/mol. The first-order chi connectivity index (χ1) is 10.0. The molecule has 0 amide bonds. The Balaban J connectivity index is 0.00000242. The van der Waals surface area contributed by atoms with Gasteiger partial charge in [-0.15, -0.1) is 24.2 Å². The molecular formula is C17H26ClNO2S. The van der Waals surface area contributed by atoms with E-state index in [0.717, 1.165) is 12.2 Å². The number of ether oxygens (including phenoxy) is 1. The van der Waals surface area contributed by atoms with Gasteiger partial charge in [-0.1, -0.05) is 45.0 Å². The molecule has 0 radical (unpaired) electrons. The minimum absolute atomic E-state index is 0. The normalized spacial score (nSPS) is 22.2. The van der Waals surface area contributed by atoms with Gasteiger partial charge in [0.1, 0.15) is 6.04 Å². The number of carbonyl (C=O) groups is 1. The van der Waals surface area contributed by atoms with E-state index in [4.69, 9.17) is 4.74 Å². The van der Waals surface area contributed by atoms with Crippen LogP contribution in [0.25, 0.3) is 0 Å². The Morgan fingerprint density at radius 1 is 1.32 bits per heavy atom. The SMILES string of the molecule is COC(=O)[C@@H]1CSC(C(C)c2ccc(CC(C)C)cc2)N1.Cl. The summed E-state index contributed by atoms with van der Waals surface area (Å²) in [4.78, 5) is 11.6. The van der Waals surface area contributed by atoms with Crippen LogP contribution in [0.5, 0.6) is 0 Å². The number of halogens is 1. The van der Waals surface area contributed by atoms with Gasteiger partial charge in [-0.3, -0.25) is 10.1 Å². The zero-order chi connectivity index (χ0) is 15.4. The van der Waals surface area contributed by atoms with Crippen LogP contribution in [0.4, 0.5) is 0 Å². The van der Waals surface area contributed by atoms with Gasteiger partial charge in [0.05, 0.1) is 12.5 Å². The Morgan fingerprint density at radius 2 is 1.95 bits per heavy atom. The van der Waals surface area contributed by atoms with Crippen LogP contribution in [0.1, 0.15) is 37.8 Å². The lowest BCUT2D eigenvalue weighted by atomic mass is 9.96. The van der Waals surface area contributed by atoms with Crippen molar-refractivity contribution >= 4 is 30.1 Å². The van der Waals surface area contributed by atoms with Crippen molar-refractivity contribution in [1.29, 1.82) is 0 Å².